The third kappa shape index (κ3) is 2.69. The molecule has 138 valence electrons. The van der Waals surface area contributed by atoms with Crippen molar-refractivity contribution in [1.82, 2.24) is 5.06 Å². The lowest BCUT2D eigenvalue weighted by Crippen LogP contribution is -2.57. The van der Waals surface area contributed by atoms with Gasteiger partial charge in [0, 0.05) is 6.92 Å². The van der Waals surface area contributed by atoms with Gasteiger partial charge in [-0.15, -0.1) is 5.06 Å². The largest absolute Gasteiger partial charge is 0.622 e. The molecule has 0 fully saturated rings. The van der Waals surface area contributed by atoms with Crippen molar-refractivity contribution in [3.8, 4) is 0 Å². The normalized spacial score (nSPS) is 23.5. The van der Waals surface area contributed by atoms with Crippen molar-refractivity contribution < 1.29 is 14.4 Å². The van der Waals surface area contributed by atoms with Crippen LogP contribution in [0.1, 0.15) is 39.0 Å². The van der Waals surface area contributed by atoms with E-state index in [0.29, 0.717) is 17.2 Å². The first kappa shape index (κ1) is 18.2. The number of benzene rings is 1. The Morgan fingerprint density at radius 1 is 1.23 bits per heavy atom. The predicted molar refractivity (Wildman–Crippen MR) is 100 cm³/mol. The number of nitrogens with zero attached hydrogens (tertiary/aromatic N) is 3. The van der Waals surface area contributed by atoms with Gasteiger partial charge in [-0.1, -0.05) is 17.7 Å². The van der Waals surface area contributed by atoms with E-state index in [1.807, 2.05) is 31.2 Å². The smallest absolute Gasteiger partial charge is 0.289 e. The average Bonchev–Trinajstić information content (AvgIpc) is 3.16. The molecule has 0 saturated carbocycles. The summed E-state index contributed by atoms with van der Waals surface area (Å²) in [5, 5.41) is 29.4. The van der Waals surface area contributed by atoms with Crippen LogP contribution in [-0.2, 0) is 0 Å². The molecule has 0 aliphatic carbocycles. The molecule has 0 radical (unpaired) electrons. The molecule has 1 aromatic heterocycles. The van der Waals surface area contributed by atoms with Gasteiger partial charge in [0.05, 0.1) is 12.0 Å². The van der Waals surface area contributed by atoms with Crippen LogP contribution in [0.5, 0.6) is 0 Å². The van der Waals surface area contributed by atoms with Gasteiger partial charge in [0.15, 0.2) is 5.76 Å². The number of hydroxylamine groups is 3. The fourth-order valence-electron chi connectivity index (χ4n) is 3.19. The van der Waals surface area contributed by atoms with Crippen molar-refractivity contribution in [2.45, 2.75) is 45.8 Å². The maximum absolute atomic E-state index is 13.2. The highest BCUT2D eigenvalue weighted by Crippen LogP contribution is 2.36. The summed E-state index contributed by atoms with van der Waals surface area (Å²) in [7, 11) is 0. The molecule has 0 bridgehead atoms. The molecule has 1 aromatic carbocycles. The van der Waals surface area contributed by atoms with Gasteiger partial charge in [-0.25, -0.2) is 0 Å². The lowest BCUT2D eigenvalue weighted by atomic mass is 9.96. The summed E-state index contributed by atoms with van der Waals surface area (Å²) in [6, 6.07) is 11.2. The first-order valence-electron chi connectivity index (χ1n) is 8.44. The first-order valence-corrected chi connectivity index (χ1v) is 8.44. The molecule has 7 nitrogen and oxygen atoms in total. The third-order valence-electron chi connectivity index (χ3n) is 4.96. The Hall–Kier alpha value is -2.64. The Balaban J connectivity index is 1.99. The Morgan fingerprint density at radius 3 is 2.46 bits per heavy atom. The van der Waals surface area contributed by atoms with E-state index in [0.717, 1.165) is 21.1 Å². The predicted octanol–water partition coefficient (Wildman–Crippen LogP) is 3.58. The fraction of sp³-hybridized carbons (Fsp3) is 0.368. The molecule has 3 rings (SSSR count). The maximum atomic E-state index is 13.2. The molecule has 2 heterocycles. The molecule has 0 unspecified atom stereocenters. The van der Waals surface area contributed by atoms with E-state index in [-0.39, 0.29) is 0 Å². The first-order chi connectivity index (χ1) is 12.2. The lowest BCUT2D eigenvalue weighted by Gasteiger charge is -2.32. The Bertz CT molecular complexity index is 853. The summed E-state index contributed by atoms with van der Waals surface area (Å²) in [6.07, 6.45) is 1.50. The molecule has 1 aliphatic rings. The van der Waals surface area contributed by atoms with E-state index in [9.17, 15) is 10.4 Å². The highest BCUT2D eigenvalue weighted by Gasteiger charge is 2.62. The lowest BCUT2D eigenvalue weighted by molar-refractivity contribution is -0.560. The van der Waals surface area contributed by atoms with E-state index in [1.165, 1.54) is 6.26 Å². The second-order valence-corrected chi connectivity index (χ2v) is 7.19. The summed E-state index contributed by atoms with van der Waals surface area (Å²) < 4.78 is 6.18. The average molecular weight is 356 g/mol. The minimum absolute atomic E-state index is 0.345. The van der Waals surface area contributed by atoms with E-state index < -0.39 is 11.2 Å². The van der Waals surface area contributed by atoms with Crippen molar-refractivity contribution >= 4 is 17.1 Å². The van der Waals surface area contributed by atoms with Crippen molar-refractivity contribution in [2.75, 3.05) is 5.43 Å². The summed E-state index contributed by atoms with van der Waals surface area (Å²) in [5.74, 6) is 0.423. The van der Waals surface area contributed by atoms with Crippen LogP contribution in [-0.4, -0.2) is 37.6 Å². The Morgan fingerprint density at radius 2 is 1.88 bits per heavy atom. The topological polar surface area (TPSA) is 87.1 Å². The van der Waals surface area contributed by atoms with Gasteiger partial charge in [-0.3, -0.25) is 5.43 Å². The van der Waals surface area contributed by atoms with Crippen LogP contribution in [0.2, 0.25) is 0 Å². The molecule has 1 aliphatic heterocycles. The third-order valence-corrected chi connectivity index (χ3v) is 4.96. The number of hydrogen-bond acceptors (Lipinski definition) is 6. The Labute approximate surface area is 152 Å². The molecule has 26 heavy (non-hydrogen) atoms. The monoisotopic (exact) mass is 356 g/mol. The highest BCUT2D eigenvalue weighted by molar-refractivity contribution is 6.04. The molecular formula is C19H24N4O3. The number of anilines is 1. The van der Waals surface area contributed by atoms with E-state index in [1.54, 1.807) is 39.8 Å². The molecule has 0 amide bonds. The zero-order valence-electron chi connectivity index (χ0n) is 15.6. The van der Waals surface area contributed by atoms with Crippen molar-refractivity contribution in [3.05, 3.63) is 59.2 Å². The van der Waals surface area contributed by atoms with Crippen LogP contribution in [0.25, 0.3) is 0 Å². The number of nitrogens with one attached hydrogen (secondary N) is 1. The second kappa shape index (κ2) is 6.26. The zero-order chi connectivity index (χ0) is 19.1. The van der Waals surface area contributed by atoms with Crippen LogP contribution in [0.4, 0.5) is 5.69 Å². The zero-order valence-corrected chi connectivity index (χ0v) is 15.6. The van der Waals surface area contributed by atoms with Crippen LogP contribution in [0.3, 0.4) is 0 Å². The fourth-order valence-corrected chi connectivity index (χ4v) is 3.19. The number of aryl methyl sites for hydroxylation is 1. The molecule has 7 heteroatoms. The van der Waals surface area contributed by atoms with Crippen molar-refractivity contribution in [1.29, 1.82) is 0 Å². The van der Waals surface area contributed by atoms with E-state index >= 15 is 0 Å². The van der Waals surface area contributed by atoms with Crippen molar-refractivity contribution in [2.24, 2.45) is 5.10 Å². The SMILES string of the molecule is C/C(=N\Nc1ccc(C)cc1)[C@@]1(C)N(O)C(C)(C)C(c2ccco2)=[N+]1[O-]. The second-order valence-electron chi connectivity index (χ2n) is 7.19. The minimum Gasteiger partial charge on any atom is -0.622 e. The van der Waals surface area contributed by atoms with Crippen LogP contribution in [0.15, 0.2) is 52.2 Å². The number of hydrazone groups is 1. The van der Waals surface area contributed by atoms with Crippen LogP contribution < -0.4 is 5.43 Å². The number of hydrogen-bond donors (Lipinski definition) is 2. The Kier molecular flexibility index (Phi) is 4.37. The van der Waals surface area contributed by atoms with E-state index in [4.69, 9.17) is 4.42 Å². The summed E-state index contributed by atoms with van der Waals surface area (Å²) in [4.78, 5) is 0. The van der Waals surface area contributed by atoms with Gasteiger partial charge in [0.2, 0.25) is 0 Å². The molecule has 0 saturated heterocycles. The number of rotatable bonds is 4. The van der Waals surface area contributed by atoms with Crippen LogP contribution in [0, 0.1) is 12.1 Å². The molecule has 2 N–H and O–H groups in total. The van der Waals surface area contributed by atoms with Gasteiger partial charge in [-0.2, -0.15) is 9.84 Å². The molecule has 2 aromatic rings. The standard InChI is InChI=1S/C19H24N4O3/c1-13-8-10-15(11-9-13)21-20-14(2)19(5)22(24)17(16-7-6-12-26-16)18(3,4)23(19)25/h6-12,21,25H,1-5H3/b20-14+/t19-/m1/s1. The summed E-state index contributed by atoms with van der Waals surface area (Å²) >= 11 is 0. The van der Waals surface area contributed by atoms with Crippen molar-refractivity contribution in [3.63, 3.8) is 0 Å². The highest BCUT2D eigenvalue weighted by atomic mass is 16.6. The van der Waals surface area contributed by atoms with Gasteiger partial charge in [0.25, 0.3) is 11.4 Å². The molecular weight excluding hydrogens is 332 g/mol. The summed E-state index contributed by atoms with van der Waals surface area (Å²) in [5.41, 5.74) is 3.33. The van der Waals surface area contributed by atoms with Gasteiger partial charge in [-0.05, 0) is 52.0 Å². The van der Waals surface area contributed by atoms with Gasteiger partial charge in [0.1, 0.15) is 11.3 Å². The van der Waals surface area contributed by atoms with Gasteiger partial charge < -0.3 is 14.8 Å². The maximum Gasteiger partial charge on any atom is 0.289 e. The van der Waals surface area contributed by atoms with E-state index in [2.05, 4.69) is 10.5 Å². The van der Waals surface area contributed by atoms with Gasteiger partial charge >= 0.3 is 0 Å². The summed E-state index contributed by atoms with van der Waals surface area (Å²) in [6.45, 7) is 8.87. The molecule has 1 atom stereocenters. The quantitative estimate of drug-likeness (QED) is 0.378. The van der Waals surface area contributed by atoms with Crippen LogP contribution >= 0.6 is 0 Å². The molecule has 0 spiro atoms. The minimum atomic E-state index is -1.37. The number of furan rings is 1.